The van der Waals surface area contributed by atoms with E-state index in [1.807, 2.05) is 13.8 Å². The Morgan fingerprint density at radius 3 is 2.80 bits per heavy atom. The number of aromatic hydroxyl groups is 1. The van der Waals surface area contributed by atoms with Crippen LogP contribution < -0.4 is 4.74 Å². The van der Waals surface area contributed by atoms with Crippen molar-refractivity contribution in [1.82, 2.24) is 10.1 Å². The summed E-state index contributed by atoms with van der Waals surface area (Å²) in [5, 5.41) is 13.5. The smallest absolute Gasteiger partial charge is 0.258 e. The first-order valence-corrected chi connectivity index (χ1v) is 6.52. The number of aromatic nitrogens is 2. The largest absolute Gasteiger partial charge is 0.504 e. The molecule has 1 aromatic heterocycles. The molecule has 1 heterocycles. The number of phenolic OH excluding ortho intramolecular Hbond substituents is 1. The number of phenols is 1. The summed E-state index contributed by atoms with van der Waals surface area (Å²) in [4.78, 5) is 4.34. The zero-order chi connectivity index (χ0) is 14.5. The SMILES string of the molecule is CCOC(CC)c1noc(-c2ccc(O)c(OC)c2)n1. The van der Waals surface area contributed by atoms with Crippen LogP contribution in [-0.2, 0) is 4.74 Å². The highest BCUT2D eigenvalue weighted by atomic mass is 16.5. The van der Waals surface area contributed by atoms with Crippen molar-refractivity contribution in [3.8, 4) is 23.0 Å². The van der Waals surface area contributed by atoms with Gasteiger partial charge >= 0.3 is 0 Å². The number of hydrogen-bond acceptors (Lipinski definition) is 6. The fourth-order valence-electron chi connectivity index (χ4n) is 1.87. The number of nitrogens with zero attached hydrogens (tertiary/aromatic N) is 2. The molecule has 0 saturated carbocycles. The minimum Gasteiger partial charge on any atom is -0.504 e. The first kappa shape index (κ1) is 14.3. The molecule has 0 amide bonds. The van der Waals surface area contributed by atoms with Gasteiger partial charge in [-0.15, -0.1) is 0 Å². The Morgan fingerprint density at radius 1 is 1.35 bits per heavy atom. The summed E-state index contributed by atoms with van der Waals surface area (Å²) in [6, 6.07) is 4.86. The molecule has 0 fully saturated rings. The molecule has 2 aromatic rings. The fraction of sp³-hybridized carbons (Fsp3) is 0.429. The molecule has 0 aliphatic rings. The van der Waals surface area contributed by atoms with E-state index in [-0.39, 0.29) is 11.9 Å². The normalized spacial score (nSPS) is 12.3. The second-order valence-corrected chi connectivity index (χ2v) is 4.20. The Labute approximate surface area is 117 Å². The number of methoxy groups -OCH3 is 1. The van der Waals surface area contributed by atoms with Crippen LogP contribution in [0.3, 0.4) is 0 Å². The predicted octanol–water partition coefficient (Wildman–Crippen LogP) is 2.94. The van der Waals surface area contributed by atoms with E-state index in [2.05, 4.69) is 10.1 Å². The van der Waals surface area contributed by atoms with Crippen LogP contribution in [-0.4, -0.2) is 29.0 Å². The van der Waals surface area contributed by atoms with Crippen LogP contribution in [0.15, 0.2) is 22.7 Å². The molecule has 0 spiro atoms. The Hall–Kier alpha value is -2.08. The molecule has 2 rings (SSSR count). The summed E-state index contributed by atoms with van der Waals surface area (Å²) < 4.78 is 15.8. The van der Waals surface area contributed by atoms with Crippen molar-refractivity contribution in [2.24, 2.45) is 0 Å². The van der Waals surface area contributed by atoms with Crippen molar-refractivity contribution < 1.29 is 19.1 Å². The fourth-order valence-corrected chi connectivity index (χ4v) is 1.87. The first-order valence-electron chi connectivity index (χ1n) is 6.52. The summed E-state index contributed by atoms with van der Waals surface area (Å²) in [6.07, 6.45) is 0.600. The van der Waals surface area contributed by atoms with E-state index in [1.54, 1.807) is 12.1 Å². The Bertz CT molecular complexity index is 568. The Balaban J connectivity index is 2.28. The molecule has 108 valence electrons. The van der Waals surface area contributed by atoms with Gasteiger partial charge in [0.1, 0.15) is 6.10 Å². The standard InChI is InChI=1S/C14H18N2O4/c1-4-11(19-5-2)13-15-14(20-16-13)9-6-7-10(17)12(8-9)18-3/h6-8,11,17H,4-5H2,1-3H3. The third-order valence-corrected chi connectivity index (χ3v) is 2.90. The van der Waals surface area contributed by atoms with Crippen molar-refractivity contribution in [1.29, 1.82) is 0 Å². The van der Waals surface area contributed by atoms with Gasteiger partial charge in [0.2, 0.25) is 5.82 Å². The van der Waals surface area contributed by atoms with E-state index in [1.165, 1.54) is 13.2 Å². The average Bonchev–Trinajstić information content (AvgIpc) is 2.95. The number of benzene rings is 1. The van der Waals surface area contributed by atoms with Crippen molar-refractivity contribution >= 4 is 0 Å². The van der Waals surface area contributed by atoms with Crippen LogP contribution in [0.25, 0.3) is 11.5 Å². The molecule has 6 nitrogen and oxygen atoms in total. The van der Waals surface area contributed by atoms with Crippen LogP contribution in [0.2, 0.25) is 0 Å². The van der Waals surface area contributed by atoms with E-state index in [0.717, 1.165) is 6.42 Å². The van der Waals surface area contributed by atoms with Gasteiger partial charge in [-0.05, 0) is 31.5 Å². The van der Waals surface area contributed by atoms with Crippen LogP contribution in [0.1, 0.15) is 32.2 Å². The van der Waals surface area contributed by atoms with Gasteiger partial charge in [-0.2, -0.15) is 4.98 Å². The highest BCUT2D eigenvalue weighted by Crippen LogP contribution is 2.31. The molecule has 1 aromatic carbocycles. The third kappa shape index (κ3) is 2.91. The molecular weight excluding hydrogens is 260 g/mol. The maximum absolute atomic E-state index is 9.57. The first-order chi connectivity index (χ1) is 9.69. The van der Waals surface area contributed by atoms with Gasteiger partial charge in [0, 0.05) is 12.2 Å². The lowest BCUT2D eigenvalue weighted by molar-refractivity contribution is 0.0518. The van der Waals surface area contributed by atoms with Crippen LogP contribution in [0, 0.1) is 0 Å². The molecule has 0 aliphatic heterocycles. The zero-order valence-corrected chi connectivity index (χ0v) is 11.8. The van der Waals surface area contributed by atoms with Crippen molar-refractivity contribution in [2.75, 3.05) is 13.7 Å². The zero-order valence-electron chi connectivity index (χ0n) is 11.8. The van der Waals surface area contributed by atoms with Crippen molar-refractivity contribution in [3.63, 3.8) is 0 Å². The lowest BCUT2D eigenvalue weighted by Crippen LogP contribution is -2.04. The number of hydrogen-bond donors (Lipinski definition) is 1. The molecule has 20 heavy (non-hydrogen) atoms. The number of ether oxygens (including phenoxy) is 2. The minimum atomic E-state index is -0.170. The summed E-state index contributed by atoms with van der Waals surface area (Å²) in [5.74, 6) is 1.32. The van der Waals surface area contributed by atoms with Crippen LogP contribution in [0.4, 0.5) is 0 Å². The van der Waals surface area contributed by atoms with E-state index in [0.29, 0.717) is 29.6 Å². The second-order valence-electron chi connectivity index (χ2n) is 4.20. The predicted molar refractivity (Wildman–Crippen MR) is 72.6 cm³/mol. The van der Waals surface area contributed by atoms with E-state index in [9.17, 15) is 5.11 Å². The van der Waals surface area contributed by atoms with E-state index in [4.69, 9.17) is 14.0 Å². The summed E-state index contributed by atoms with van der Waals surface area (Å²) in [6.45, 7) is 4.52. The van der Waals surface area contributed by atoms with Gasteiger partial charge in [-0.3, -0.25) is 0 Å². The second kappa shape index (κ2) is 6.38. The monoisotopic (exact) mass is 278 g/mol. The van der Waals surface area contributed by atoms with Gasteiger partial charge in [-0.25, -0.2) is 0 Å². The maximum atomic E-state index is 9.57. The molecule has 1 N–H and O–H groups in total. The van der Waals surface area contributed by atoms with Crippen molar-refractivity contribution in [2.45, 2.75) is 26.4 Å². The summed E-state index contributed by atoms with van der Waals surface area (Å²) >= 11 is 0. The molecule has 0 bridgehead atoms. The molecule has 1 atom stereocenters. The maximum Gasteiger partial charge on any atom is 0.258 e. The van der Waals surface area contributed by atoms with Gasteiger partial charge in [0.15, 0.2) is 11.5 Å². The molecule has 0 radical (unpaired) electrons. The summed E-state index contributed by atoms with van der Waals surface area (Å²) in [7, 11) is 1.49. The lowest BCUT2D eigenvalue weighted by Gasteiger charge is -2.09. The van der Waals surface area contributed by atoms with Gasteiger partial charge in [0.25, 0.3) is 5.89 Å². The van der Waals surface area contributed by atoms with Gasteiger partial charge in [0.05, 0.1) is 7.11 Å². The molecule has 0 aliphatic carbocycles. The van der Waals surface area contributed by atoms with Gasteiger partial charge in [-0.1, -0.05) is 12.1 Å². The van der Waals surface area contributed by atoms with Crippen molar-refractivity contribution in [3.05, 3.63) is 24.0 Å². The molecule has 1 unspecified atom stereocenters. The topological polar surface area (TPSA) is 77.6 Å². The highest BCUT2D eigenvalue weighted by Gasteiger charge is 2.18. The Kier molecular flexibility index (Phi) is 4.57. The average molecular weight is 278 g/mol. The lowest BCUT2D eigenvalue weighted by atomic mass is 10.2. The quantitative estimate of drug-likeness (QED) is 0.875. The number of rotatable bonds is 6. The van der Waals surface area contributed by atoms with Crippen LogP contribution in [0.5, 0.6) is 11.5 Å². The Morgan fingerprint density at radius 2 is 2.15 bits per heavy atom. The van der Waals surface area contributed by atoms with Crippen LogP contribution >= 0.6 is 0 Å². The van der Waals surface area contributed by atoms with Gasteiger partial charge < -0.3 is 19.1 Å². The van der Waals surface area contributed by atoms with E-state index >= 15 is 0 Å². The van der Waals surface area contributed by atoms with E-state index < -0.39 is 0 Å². The highest BCUT2D eigenvalue weighted by molar-refractivity contribution is 5.59. The molecular formula is C14H18N2O4. The molecule has 6 heteroatoms. The minimum absolute atomic E-state index is 0.0664. The third-order valence-electron chi connectivity index (χ3n) is 2.90. The summed E-state index contributed by atoms with van der Waals surface area (Å²) in [5.41, 5.74) is 0.685. The molecule has 0 saturated heterocycles.